The van der Waals surface area contributed by atoms with Gasteiger partial charge in [-0.2, -0.15) is 0 Å². The number of anilines is 1. The van der Waals surface area contributed by atoms with Gasteiger partial charge in [-0.3, -0.25) is 4.79 Å². The van der Waals surface area contributed by atoms with Gasteiger partial charge in [-0.15, -0.1) is 0 Å². The van der Waals surface area contributed by atoms with Crippen molar-refractivity contribution in [2.75, 3.05) is 31.1 Å². The first kappa shape index (κ1) is 14.3. The minimum atomic E-state index is -0.953. The molecule has 2 heterocycles. The molecule has 0 radical (unpaired) electrons. The van der Waals surface area contributed by atoms with Crippen molar-refractivity contribution in [2.24, 2.45) is 0 Å². The second-order valence-electron chi connectivity index (χ2n) is 4.83. The van der Waals surface area contributed by atoms with E-state index in [-0.39, 0.29) is 11.5 Å². The van der Waals surface area contributed by atoms with E-state index in [4.69, 9.17) is 5.11 Å². The van der Waals surface area contributed by atoms with Crippen LogP contribution in [0, 0.1) is 0 Å². The molecule has 1 N–H and O–H groups in total. The Morgan fingerprint density at radius 3 is 2.60 bits per heavy atom. The van der Waals surface area contributed by atoms with E-state index < -0.39 is 5.97 Å². The van der Waals surface area contributed by atoms with Crippen LogP contribution in [0.25, 0.3) is 0 Å². The molecule has 0 bridgehead atoms. The summed E-state index contributed by atoms with van der Waals surface area (Å²) in [5.74, 6) is -0.0997. The molecule has 1 aliphatic heterocycles. The fraction of sp³-hybridized carbons (Fsp3) is 0.500. The molecule has 0 aliphatic carbocycles. The van der Waals surface area contributed by atoms with Crippen LogP contribution in [0.2, 0.25) is 0 Å². The van der Waals surface area contributed by atoms with Gasteiger partial charge in [0.15, 0.2) is 0 Å². The molecule has 1 amide bonds. The molecule has 1 aliphatic rings. The molecular weight excluding hydrogens is 258 g/mol. The number of pyridine rings is 1. The minimum Gasteiger partial charge on any atom is -0.478 e. The van der Waals surface area contributed by atoms with Crippen LogP contribution in [0.5, 0.6) is 0 Å². The topological polar surface area (TPSA) is 73.7 Å². The Morgan fingerprint density at radius 2 is 2.00 bits per heavy atom. The number of aromatic carboxylic acids is 1. The quantitative estimate of drug-likeness (QED) is 0.896. The molecule has 0 saturated carbocycles. The van der Waals surface area contributed by atoms with Crippen molar-refractivity contribution in [2.45, 2.75) is 19.8 Å². The normalized spacial score (nSPS) is 15.2. The first-order valence-electron chi connectivity index (χ1n) is 6.84. The summed E-state index contributed by atoms with van der Waals surface area (Å²) in [6.07, 6.45) is 2.96. The Labute approximate surface area is 118 Å². The minimum absolute atomic E-state index is 0.194. The van der Waals surface area contributed by atoms with E-state index in [0.29, 0.717) is 38.4 Å². The first-order chi connectivity index (χ1) is 9.61. The zero-order chi connectivity index (χ0) is 14.5. The summed E-state index contributed by atoms with van der Waals surface area (Å²) in [5, 5.41) is 8.98. The van der Waals surface area contributed by atoms with E-state index in [1.165, 1.54) is 12.3 Å². The molecule has 1 saturated heterocycles. The highest BCUT2D eigenvalue weighted by Gasteiger charge is 2.21. The summed E-state index contributed by atoms with van der Waals surface area (Å²) in [6.45, 7) is 4.70. The van der Waals surface area contributed by atoms with Crippen LogP contribution in [0.1, 0.15) is 30.1 Å². The number of hydrogen-bond acceptors (Lipinski definition) is 4. The second kappa shape index (κ2) is 6.36. The SMILES string of the molecule is CCCC(=O)N1CCN(c2cc(C(=O)O)ccn2)CC1. The highest BCUT2D eigenvalue weighted by molar-refractivity contribution is 5.88. The van der Waals surface area contributed by atoms with Gasteiger partial charge in [0.2, 0.25) is 5.91 Å². The van der Waals surface area contributed by atoms with Gasteiger partial charge < -0.3 is 14.9 Å². The van der Waals surface area contributed by atoms with E-state index in [1.807, 2.05) is 16.7 Å². The molecule has 0 aromatic carbocycles. The van der Waals surface area contributed by atoms with Gasteiger partial charge in [-0.05, 0) is 18.6 Å². The molecule has 6 heteroatoms. The van der Waals surface area contributed by atoms with Gasteiger partial charge in [0.05, 0.1) is 5.56 Å². The number of rotatable bonds is 4. The molecule has 108 valence electrons. The zero-order valence-corrected chi connectivity index (χ0v) is 11.6. The van der Waals surface area contributed by atoms with Crippen molar-refractivity contribution in [3.8, 4) is 0 Å². The second-order valence-corrected chi connectivity index (χ2v) is 4.83. The number of carboxylic acid groups (broad SMARTS) is 1. The average molecular weight is 277 g/mol. The van der Waals surface area contributed by atoms with Gasteiger partial charge in [0.25, 0.3) is 0 Å². The Balaban J connectivity index is 1.98. The lowest BCUT2D eigenvalue weighted by atomic mass is 10.2. The van der Waals surface area contributed by atoms with Crippen molar-refractivity contribution >= 4 is 17.7 Å². The molecule has 1 fully saturated rings. The Morgan fingerprint density at radius 1 is 1.30 bits per heavy atom. The molecule has 20 heavy (non-hydrogen) atoms. The third-order valence-corrected chi connectivity index (χ3v) is 3.41. The largest absolute Gasteiger partial charge is 0.478 e. The molecule has 6 nitrogen and oxygen atoms in total. The number of aromatic nitrogens is 1. The lowest BCUT2D eigenvalue weighted by Gasteiger charge is -2.35. The number of amides is 1. The fourth-order valence-electron chi connectivity index (χ4n) is 2.28. The molecule has 2 rings (SSSR count). The number of carbonyl (C=O) groups excluding carboxylic acids is 1. The molecular formula is C14H19N3O3. The highest BCUT2D eigenvalue weighted by atomic mass is 16.4. The van der Waals surface area contributed by atoms with E-state index in [2.05, 4.69) is 4.98 Å². The van der Waals surface area contributed by atoms with E-state index in [9.17, 15) is 9.59 Å². The summed E-state index contributed by atoms with van der Waals surface area (Å²) >= 11 is 0. The number of carbonyl (C=O) groups is 2. The standard InChI is InChI=1S/C14H19N3O3/c1-2-3-13(18)17-8-6-16(7-9-17)12-10-11(14(19)20)4-5-15-12/h4-5,10H,2-3,6-9H2,1H3,(H,19,20). The van der Waals surface area contributed by atoms with Crippen molar-refractivity contribution in [3.05, 3.63) is 23.9 Å². The summed E-state index contributed by atoms with van der Waals surface area (Å²) < 4.78 is 0. The van der Waals surface area contributed by atoms with E-state index in [1.54, 1.807) is 6.07 Å². The highest BCUT2D eigenvalue weighted by Crippen LogP contribution is 2.15. The maximum Gasteiger partial charge on any atom is 0.335 e. The summed E-state index contributed by atoms with van der Waals surface area (Å²) in [4.78, 5) is 30.8. The maximum absolute atomic E-state index is 11.8. The van der Waals surface area contributed by atoms with Crippen molar-refractivity contribution in [3.63, 3.8) is 0 Å². The van der Waals surface area contributed by atoms with Crippen LogP contribution in [0.15, 0.2) is 18.3 Å². The van der Waals surface area contributed by atoms with Crippen molar-refractivity contribution in [1.29, 1.82) is 0 Å². The summed E-state index contributed by atoms with van der Waals surface area (Å²) in [6, 6.07) is 3.05. The Hall–Kier alpha value is -2.11. The summed E-state index contributed by atoms with van der Waals surface area (Å²) in [5.41, 5.74) is 0.236. The predicted molar refractivity (Wildman–Crippen MR) is 74.9 cm³/mol. The van der Waals surface area contributed by atoms with Gasteiger partial charge in [0.1, 0.15) is 5.82 Å². The van der Waals surface area contributed by atoms with Gasteiger partial charge in [-0.1, -0.05) is 6.92 Å². The van der Waals surface area contributed by atoms with Crippen LogP contribution in [-0.2, 0) is 4.79 Å². The monoisotopic (exact) mass is 277 g/mol. The smallest absolute Gasteiger partial charge is 0.335 e. The fourth-order valence-corrected chi connectivity index (χ4v) is 2.28. The predicted octanol–water partition coefficient (Wildman–Crippen LogP) is 1.23. The first-order valence-corrected chi connectivity index (χ1v) is 6.84. The number of carboxylic acids is 1. The van der Waals surface area contributed by atoms with Crippen molar-refractivity contribution < 1.29 is 14.7 Å². The lowest BCUT2D eigenvalue weighted by molar-refractivity contribution is -0.131. The number of nitrogens with zero attached hydrogens (tertiary/aromatic N) is 3. The van der Waals surface area contributed by atoms with Crippen LogP contribution < -0.4 is 4.90 Å². The van der Waals surface area contributed by atoms with Gasteiger partial charge in [0, 0.05) is 38.8 Å². The number of hydrogen-bond donors (Lipinski definition) is 1. The molecule has 1 aromatic heterocycles. The average Bonchev–Trinajstić information content (AvgIpc) is 2.48. The maximum atomic E-state index is 11.8. The molecule has 0 atom stereocenters. The molecule has 0 spiro atoms. The van der Waals surface area contributed by atoms with Crippen LogP contribution in [0.3, 0.4) is 0 Å². The van der Waals surface area contributed by atoms with Gasteiger partial charge >= 0.3 is 5.97 Å². The van der Waals surface area contributed by atoms with Crippen LogP contribution in [0.4, 0.5) is 5.82 Å². The zero-order valence-electron chi connectivity index (χ0n) is 11.6. The lowest BCUT2D eigenvalue weighted by Crippen LogP contribution is -2.49. The Bertz CT molecular complexity index is 496. The van der Waals surface area contributed by atoms with E-state index >= 15 is 0 Å². The van der Waals surface area contributed by atoms with Gasteiger partial charge in [-0.25, -0.2) is 9.78 Å². The summed E-state index contributed by atoms with van der Waals surface area (Å²) in [7, 11) is 0. The van der Waals surface area contributed by atoms with Crippen LogP contribution >= 0.6 is 0 Å². The van der Waals surface area contributed by atoms with Crippen LogP contribution in [-0.4, -0.2) is 53.0 Å². The third-order valence-electron chi connectivity index (χ3n) is 3.41. The number of piperazine rings is 1. The molecule has 0 unspecified atom stereocenters. The van der Waals surface area contributed by atoms with E-state index in [0.717, 1.165) is 6.42 Å². The third kappa shape index (κ3) is 3.26. The van der Waals surface area contributed by atoms with Crippen molar-refractivity contribution in [1.82, 2.24) is 9.88 Å². The Kier molecular flexibility index (Phi) is 4.55. The molecule has 1 aromatic rings.